The van der Waals surface area contributed by atoms with Gasteiger partial charge in [-0.1, -0.05) is 11.6 Å². The van der Waals surface area contributed by atoms with Crippen LogP contribution in [0.2, 0.25) is 5.02 Å². The van der Waals surface area contributed by atoms with E-state index in [0.717, 1.165) is 0 Å². The predicted octanol–water partition coefficient (Wildman–Crippen LogP) is 2.48. The Balaban J connectivity index is 2.99. The van der Waals surface area contributed by atoms with E-state index < -0.39 is 16.9 Å². The highest BCUT2D eigenvalue weighted by molar-refractivity contribution is 6.32. The van der Waals surface area contributed by atoms with E-state index in [1.54, 1.807) is 12.0 Å². The van der Waals surface area contributed by atoms with Gasteiger partial charge in [0.15, 0.2) is 5.69 Å². The molecule has 0 aromatic carbocycles. The van der Waals surface area contributed by atoms with Gasteiger partial charge < -0.3 is 4.74 Å². The second-order valence-corrected chi connectivity index (χ2v) is 2.53. The minimum absolute atomic E-state index is 0.210. The standard InChI is InChI=1S/C6H6ClF3N2O/c1-2-13-5-3(7)4(11-12-5)6(8,9)10/h2H2,1H3,(H,11,12). The lowest BCUT2D eigenvalue weighted by Gasteiger charge is -2.02. The highest BCUT2D eigenvalue weighted by atomic mass is 35.5. The molecule has 0 spiro atoms. The van der Waals surface area contributed by atoms with E-state index in [1.165, 1.54) is 0 Å². The van der Waals surface area contributed by atoms with Gasteiger partial charge in [0, 0.05) is 0 Å². The first-order chi connectivity index (χ1) is 5.96. The van der Waals surface area contributed by atoms with E-state index in [2.05, 4.69) is 5.10 Å². The van der Waals surface area contributed by atoms with Gasteiger partial charge in [0.25, 0.3) is 5.88 Å². The third-order valence-electron chi connectivity index (χ3n) is 1.24. The van der Waals surface area contributed by atoms with E-state index in [9.17, 15) is 13.2 Å². The van der Waals surface area contributed by atoms with Crippen LogP contribution in [0.15, 0.2) is 0 Å². The zero-order valence-electron chi connectivity index (χ0n) is 6.57. The molecule has 1 N–H and O–H groups in total. The zero-order chi connectivity index (χ0) is 10.1. The number of nitrogens with one attached hydrogen (secondary N) is 1. The Morgan fingerprint density at radius 2 is 2.15 bits per heavy atom. The molecule has 0 unspecified atom stereocenters. The van der Waals surface area contributed by atoms with Gasteiger partial charge in [-0.25, -0.2) is 0 Å². The summed E-state index contributed by atoms with van der Waals surface area (Å²) in [6.07, 6.45) is -4.53. The van der Waals surface area contributed by atoms with Crippen LogP contribution in [0.25, 0.3) is 0 Å². The van der Waals surface area contributed by atoms with Crippen LogP contribution in [-0.4, -0.2) is 16.8 Å². The molecule has 0 aliphatic carbocycles. The van der Waals surface area contributed by atoms with Crippen molar-refractivity contribution >= 4 is 11.6 Å². The molecule has 0 aliphatic rings. The lowest BCUT2D eigenvalue weighted by molar-refractivity contribution is -0.141. The normalized spacial score (nSPS) is 11.8. The molecule has 74 valence electrons. The van der Waals surface area contributed by atoms with Crippen LogP contribution in [-0.2, 0) is 6.18 Å². The SMILES string of the molecule is CCOc1n[nH]c(C(F)(F)F)c1Cl. The Hall–Kier alpha value is -0.910. The number of aromatic amines is 1. The fourth-order valence-electron chi connectivity index (χ4n) is 0.732. The highest BCUT2D eigenvalue weighted by Gasteiger charge is 2.37. The molecule has 0 fully saturated rings. The lowest BCUT2D eigenvalue weighted by Crippen LogP contribution is -2.06. The fourth-order valence-corrected chi connectivity index (χ4v) is 0.978. The number of alkyl halides is 3. The van der Waals surface area contributed by atoms with Gasteiger partial charge in [0.2, 0.25) is 0 Å². The van der Waals surface area contributed by atoms with Crippen molar-refractivity contribution in [1.29, 1.82) is 0 Å². The minimum atomic E-state index is -4.53. The van der Waals surface area contributed by atoms with Gasteiger partial charge >= 0.3 is 6.18 Å². The van der Waals surface area contributed by atoms with Crippen molar-refractivity contribution in [3.8, 4) is 5.88 Å². The number of ether oxygens (including phenoxy) is 1. The van der Waals surface area contributed by atoms with Crippen LogP contribution in [0.4, 0.5) is 13.2 Å². The number of halogens is 4. The van der Waals surface area contributed by atoms with Crippen LogP contribution in [0.5, 0.6) is 5.88 Å². The summed E-state index contributed by atoms with van der Waals surface area (Å²) in [7, 11) is 0. The van der Waals surface area contributed by atoms with Crippen molar-refractivity contribution in [2.75, 3.05) is 6.61 Å². The third kappa shape index (κ3) is 2.06. The Labute approximate surface area is 76.8 Å². The fraction of sp³-hybridized carbons (Fsp3) is 0.500. The number of H-pyrrole nitrogens is 1. The number of aromatic nitrogens is 2. The maximum atomic E-state index is 12.1. The van der Waals surface area contributed by atoms with Crippen molar-refractivity contribution in [2.24, 2.45) is 0 Å². The molecular weight excluding hydrogens is 209 g/mol. The summed E-state index contributed by atoms with van der Waals surface area (Å²) < 4.78 is 41.0. The average molecular weight is 215 g/mol. The summed E-state index contributed by atoms with van der Waals surface area (Å²) in [4.78, 5) is 0. The Morgan fingerprint density at radius 3 is 2.54 bits per heavy atom. The average Bonchev–Trinajstić information content (AvgIpc) is 2.32. The Kier molecular flexibility index (Phi) is 2.70. The van der Waals surface area contributed by atoms with Gasteiger partial charge in [0.1, 0.15) is 5.02 Å². The Morgan fingerprint density at radius 1 is 1.54 bits per heavy atom. The number of hydrogen-bond acceptors (Lipinski definition) is 2. The summed E-state index contributed by atoms with van der Waals surface area (Å²) in [6.45, 7) is 1.83. The first kappa shape index (κ1) is 10.2. The van der Waals surface area contributed by atoms with E-state index in [1.807, 2.05) is 0 Å². The number of hydrogen-bond donors (Lipinski definition) is 1. The molecule has 3 nitrogen and oxygen atoms in total. The molecule has 0 radical (unpaired) electrons. The van der Waals surface area contributed by atoms with Gasteiger partial charge in [-0.2, -0.15) is 13.2 Å². The summed E-state index contributed by atoms with van der Waals surface area (Å²) in [5, 5.41) is 4.51. The van der Waals surface area contributed by atoms with Gasteiger partial charge in [-0.3, -0.25) is 5.10 Å². The Bertz CT molecular complexity index is 297. The van der Waals surface area contributed by atoms with Crippen LogP contribution < -0.4 is 4.74 Å². The van der Waals surface area contributed by atoms with Crippen LogP contribution in [0.3, 0.4) is 0 Å². The van der Waals surface area contributed by atoms with Crippen molar-refractivity contribution in [3.63, 3.8) is 0 Å². The van der Waals surface area contributed by atoms with Gasteiger partial charge in [0.05, 0.1) is 6.61 Å². The zero-order valence-corrected chi connectivity index (χ0v) is 7.33. The highest BCUT2D eigenvalue weighted by Crippen LogP contribution is 2.37. The second kappa shape index (κ2) is 3.45. The number of rotatable bonds is 2. The van der Waals surface area contributed by atoms with Crippen molar-refractivity contribution < 1.29 is 17.9 Å². The molecule has 7 heteroatoms. The molecule has 0 saturated carbocycles. The molecule has 1 rings (SSSR count). The van der Waals surface area contributed by atoms with Crippen LogP contribution in [0, 0.1) is 0 Å². The molecule has 0 amide bonds. The molecule has 0 bridgehead atoms. The molecule has 13 heavy (non-hydrogen) atoms. The summed E-state index contributed by atoms with van der Waals surface area (Å²) >= 11 is 5.35. The maximum absolute atomic E-state index is 12.1. The second-order valence-electron chi connectivity index (χ2n) is 2.15. The van der Waals surface area contributed by atoms with Crippen molar-refractivity contribution in [3.05, 3.63) is 10.7 Å². The van der Waals surface area contributed by atoms with Crippen LogP contribution in [0.1, 0.15) is 12.6 Å². The van der Waals surface area contributed by atoms with Gasteiger partial charge in [-0.05, 0) is 6.92 Å². The van der Waals surface area contributed by atoms with E-state index >= 15 is 0 Å². The first-order valence-corrected chi connectivity index (χ1v) is 3.78. The molecule has 1 aromatic rings. The molecule has 0 saturated heterocycles. The molecular formula is C6H6ClF3N2O. The molecule has 1 aromatic heterocycles. The lowest BCUT2D eigenvalue weighted by atomic mass is 10.4. The maximum Gasteiger partial charge on any atom is 0.434 e. The van der Waals surface area contributed by atoms with Crippen LogP contribution >= 0.6 is 11.6 Å². The third-order valence-corrected chi connectivity index (χ3v) is 1.59. The monoisotopic (exact) mass is 214 g/mol. The van der Waals surface area contributed by atoms with E-state index in [0.29, 0.717) is 0 Å². The summed E-state index contributed by atoms with van der Waals surface area (Å²) in [5.74, 6) is -0.225. The van der Waals surface area contributed by atoms with Crippen molar-refractivity contribution in [1.82, 2.24) is 10.2 Å². The first-order valence-electron chi connectivity index (χ1n) is 3.40. The van der Waals surface area contributed by atoms with Gasteiger partial charge in [-0.15, -0.1) is 5.10 Å². The molecule has 0 atom stereocenters. The summed E-state index contributed by atoms with van der Waals surface area (Å²) in [6, 6.07) is 0. The van der Waals surface area contributed by atoms with Crippen molar-refractivity contribution in [2.45, 2.75) is 13.1 Å². The molecule has 1 heterocycles. The van der Waals surface area contributed by atoms with E-state index in [4.69, 9.17) is 16.3 Å². The predicted molar refractivity (Wildman–Crippen MR) is 39.8 cm³/mol. The number of nitrogens with zero attached hydrogens (tertiary/aromatic N) is 1. The quantitative estimate of drug-likeness (QED) is 0.821. The van der Waals surface area contributed by atoms with E-state index in [-0.39, 0.29) is 12.5 Å². The smallest absolute Gasteiger partial charge is 0.434 e. The largest absolute Gasteiger partial charge is 0.476 e. The topological polar surface area (TPSA) is 37.9 Å². The summed E-state index contributed by atoms with van der Waals surface area (Å²) in [5.41, 5.74) is -1.09. The minimum Gasteiger partial charge on any atom is -0.476 e. The molecule has 0 aliphatic heterocycles.